The van der Waals surface area contributed by atoms with Crippen molar-refractivity contribution in [3.05, 3.63) is 191 Å². The third-order valence-corrected chi connectivity index (χ3v) is 13.4. The predicted molar refractivity (Wildman–Crippen MR) is 283 cm³/mol. The van der Waals surface area contributed by atoms with Crippen LogP contribution in [-0.4, -0.2) is 19.6 Å². The van der Waals surface area contributed by atoms with E-state index >= 15 is 0 Å². The molecule has 7 aromatic carbocycles. The number of pyridine rings is 1. The first kappa shape index (κ1) is 45.1. The van der Waals surface area contributed by atoms with Crippen molar-refractivity contribution in [1.29, 1.82) is 0 Å². The van der Waals surface area contributed by atoms with Gasteiger partial charge in [-0.25, -0.2) is 4.98 Å². The first-order chi connectivity index (χ1) is 31.7. The van der Waals surface area contributed by atoms with Crippen LogP contribution in [0.2, 0.25) is 0 Å². The van der Waals surface area contributed by atoms with E-state index in [1.54, 1.807) is 0 Å². The molecule has 4 heteroatoms. The van der Waals surface area contributed by atoms with Gasteiger partial charge in [-0.3, -0.25) is 9.55 Å². The maximum atomic E-state index is 12.0. The average Bonchev–Trinajstić information content (AvgIpc) is 3.69. The normalized spacial score (nSPS) is 12.2. The number of benzene rings is 7. The summed E-state index contributed by atoms with van der Waals surface area (Å²) in [5.74, 6) is 0.915. The van der Waals surface area contributed by atoms with Crippen molar-refractivity contribution in [3.63, 3.8) is 0 Å². The maximum Gasteiger partial charge on any atom is 0.149 e. The molecule has 0 fully saturated rings. The third-order valence-electron chi connectivity index (χ3n) is 13.4. The van der Waals surface area contributed by atoms with Crippen LogP contribution in [0.5, 0.6) is 5.75 Å². The van der Waals surface area contributed by atoms with Gasteiger partial charge in [0.15, 0.2) is 0 Å². The van der Waals surface area contributed by atoms with E-state index in [1.807, 2.05) is 19.2 Å². The Kier molecular flexibility index (Phi) is 11.4. The Morgan fingerprint density at radius 2 is 1.04 bits per heavy atom. The number of aromatic nitrogens is 3. The number of hydrogen-bond acceptors (Lipinski definition) is 3. The van der Waals surface area contributed by atoms with E-state index < -0.39 is 0 Å². The van der Waals surface area contributed by atoms with E-state index in [4.69, 9.17) is 9.97 Å². The molecule has 0 aliphatic carbocycles. The summed E-state index contributed by atoms with van der Waals surface area (Å²) in [5, 5.41) is 12.0. The van der Waals surface area contributed by atoms with Crippen LogP contribution in [0.15, 0.2) is 158 Å². The van der Waals surface area contributed by atoms with Crippen molar-refractivity contribution < 1.29 is 5.11 Å². The number of hydrogen-bond donors (Lipinski definition) is 1. The van der Waals surface area contributed by atoms with Gasteiger partial charge in [0.1, 0.15) is 11.6 Å². The largest absolute Gasteiger partial charge is 0.507 e. The first-order valence-electron chi connectivity index (χ1n) is 23.6. The Bertz CT molecular complexity index is 3300. The highest BCUT2D eigenvalue weighted by Crippen LogP contribution is 2.44. The molecule has 0 saturated heterocycles. The van der Waals surface area contributed by atoms with Crippen LogP contribution in [0.4, 0.5) is 0 Å². The number of rotatable bonds is 7. The Labute approximate surface area is 398 Å². The zero-order valence-corrected chi connectivity index (χ0v) is 41.3. The number of fused-ring (bicyclic) bond motifs is 1. The molecule has 0 amide bonds. The highest BCUT2D eigenvalue weighted by molar-refractivity contribution is 5.98. The number of phenols is 1. The second-order valence-corrected chi connectivity index (χ2v) is 21.6. The number of nitrogens with zero attached hydrogens (tertiary/aromatic N) is 3. The van der Waals surface area contributed by atoms with Crippen LogP contribution >= 0.6 is 0 Å². The smallest absolute Gasteiger partial charge is 0.149 e. The van der Waals surface area contributed by atoms with Crippen LogP contribution in [-0.2, 0) is 16.2 Å². The molecular weight excluding hydrogens is 815 g/mol. The molecule has 4 nitrogen and oxygen atoms in total. The Hall–Kier alpha value is -7.04. The van der Waals surface area contributed by atoms with E-state index in [0.717, 1.165) is 83.6 Å². The van der Waals surface area contributed by atoms with Crippen molar-refractivity contribution in [2.45, 2.75) is 99.3 Å². The van der Waals surface area contributed by atoms with Crippen LogP contribution in [0.3, 0.4) is 0 Å². The zero-order valence-electron chi connectivity index (χ0n) is 41.3. The van der Waals surface area contributed by atoms with Crippen molar-refractivity contribution in [1.82, 2.24) is 14.5 Å². The standard InChI is InChI=1S/C63H63N3O/c1-39-31-41(3)59(67)54(32-39)60-65-58-51(46-34-47(36-50(35-46)63(10,11)12)55-37-45(29-30-64-55)42-21-25-48(26-22-42)61(4,5)6)19-16-20-56(58)66(60)57-33-40(2)52(43-17-14-13-15-18-43)38-53(57)44-23-27-49(28-24-44)62(7,8)9/h13-38,67H,1-12H3. The molecule has 0 bridgehead atoms. The molecule has 0 atom stereocenters. The number of aryl methyl sites for hydroxylation is 3. The fourth-order valence-electron chi connectivity index (χ4n) is 9.37. The summed E-state index contributed by atoms with van der Waals surface area (Å²) in [5.41, 5.74) is 21.1. The van der Waals surface area contributed by atoms with E-state index in [1.165, 1.54) is 22.3 Å². The Balaban J connectivity index is 1.30. The third kappa shape index (κ3) is 8.86. The highest BCUT2D eigenvalue weighted by Gasteiger charge is 2.26. The summed E-state index contributed by atoms with van der Waals surface area (Å²) in [4.78, 5) is 10.6. The average molecular weight is 878 g/mol. The minimum Gasteiger partial charge on any atom is -0.507 e. The van der Waals surface area contributed by atoms with Gasteiger partial charge >= 0.3 is 0 Å². The lowest BCUT2D eigenvalue weighted by molar-refractivity contribution is 0.472. The van der Waals surface area contributed by atoms with Crippen LogP contribution in [0, 0.1) is 20.8 Å². The van der Waals surface area contributed by atoms with Crippen molar-refractivity contribution in [3.8, 4) is 78.6 Å². The molecule has 2 aromatic heterocycles. The van der Waals surface area contributed by atoms with Gasteiger partial charge in [-0.1, -0.05) is 165 Å². The zero-order chi connectivity index (χ0) is 47.6. The lowest BCUT2D eigenvalue weighted by Crippen LogP contribution is -2.11. The first-order valence-corrected chi connectivity index (χ1v) is 23.6. The van der Waals surface area contributed by atoms with Gasteiger partial charge in [-0.15, -0.1) is 0 Å². The fourth-order valence-corrected chi connectivity index (χ4v) is 9.37. The molecule has 0 spiro atoms. The van der Waals surface area contributed by atoms with Crippen LogP contribution in [0.25, 0.3) is 83.9 Å². The Morgan fingerprint density at radius 3 is 1.69 bits per heavy atom. The summed E-state index contributed by atoms with van der Waals surface area (Å²) in [6.07, 6.45) is 1.93. The molecule has 0 saturated carbocycles. The van der Waals surface area contributed by atoms with E-state index in [-0.39, 0.29) is 22.0 Å². The van der Waals surface area contributed by atoms with Crippen molar-refractivity contribution >= 4 is 11.0 Å². The molecule has 336 valence electrons. The molecule has 1 N–H and O–H groups in total. The van der Waals surface area contributed by atoms with Crippen molar-refractivity contribution in [2.24, 2.45) is 0 Å². The topological polar surface area (TPSA) is 50.9 Å². The van der Waals surface area contributed by atoms with Gasteiger partial charge in [0.2, 0.25) is 0 Å². The lowest BCUT2D eigenvalue weighted by Gasteiger charge is -2.22. The van der Waals surface area contributed by atoms with E-state index in [2.05, 4.69) is 226 Å². The number of imidazole rings is 1. The van der Waals surface area contributed by atoms with Gasteiger partial charge in [0.05, 0.1) is 28.0 Å². The highest BCUT2D eigenvalue weighted by atomic mass is 16.3. The molecule has 67 heavy (non-hydrogen) atoms. The van der Waals surface area contributed by atoms with Crippen LogP contribution in [0.1, 0.15) is 95.7 Å². The van der Waals surface area contributed by atoms with Gasteiger partial charge in [0, 0.05) is 22.9 Å². The summed E-state index contributed by atoms with van der Waals surface area (Å²) >= 11 is 0. The molecular formula is C63H63N3O. The van der Waals surface area contributed by atoms with Gasteiger partial charge in [-0.2, -0.15) is 0 Å². The van der Waals surface area contributed by atoms with E-state index in [0.29, 0.717) is 11.4 Å². The van der Waals surface area contributed by atoms with E-state index in [9.17, 15) is 5.11 Å². The predicted octanol–water partition coefficient (Wildman–Crippen LogP) is 16.9. The summed E-state index contributed by atoms with van der Waals surface area (Å²) in [6, 6.07) is 55.0. The monoisotopic (exact) mass is 877 g/mol. The van der Waals surface area contributed by atoms with Gasteiger partial charge in [0.25, 0.3) is 0 Å². The SMILES string of the molecule is Cc1cc(C)c(O)c(-c2nc3c(-c4cc(-c5cc(-c6ccc(C(C)(C)C)cc6)ccn5)cc(C(C)(C)C)c4)cccc3n2-c2cc(C)c(-c3ccccc3)cc2-c2ccc(C(C)(C)C)cc2)c1. The second-order valence-electron chi connectivity index (χ2n) is 21.6. The quantitative estimate of drug-likeness (QED) is 0.174. The molecule has 2 heterocycles. The van der Waals surface area contributed by atoms with Gasteiger partial charge in [-0.05, 0) is 152 Å². The number of aromatic hydroxyl groups is 1. The molecule has 0 aliphatic heterocycles. The lowest BCUT2D eigenvalue weighted by atomic mass is 9.83. The van der Waals surface area contributed by atoms with Crippen molar-refractivity contribution in [2.75, 3.05) is 0 Å². The molecule has 0 unspecified atom stereocenters. The Morgan fingerprint density at radius 1 is 0.433 bits per heavy atom. The molecule has 0 radical (unpaired) electrons. The number of para-hydroxylation sites is 1. The second kappa shape index (κ2) is 17.0. The molecule has 9 aromatic rings. The minimum absolute atomic E-state index is 0.00982. The van der Waals surface area contributed by atoms with Crippen LogP contribution < -0.4 is 0 Å². The maximum absolute atomic E-state index is 12.0. The summed E-state index contributed by atoms with van der Waals surface area (Å²) in [7, 11) is 0. The van der Waals surface area contributed by atoms with Gasteiger partial charge < -0.3 is 5.11 Å². The molecule has 0 aliphatic rings. The summed E-state index contributed by atoms with van der Waals surface area (Å²) in [6.45, 7) is 26.6. The summed E-state index contributed by atoms with van der Waals surface area (Å²) < 4.78 is 2.28. The minimum atomic E-state index is -0.149. The fraction of sp³-hybridized carbons (Fsp3) is 0.238. The molecule has 9 rings (SSSR count). The number of phenolic OH excluding ortho intramolecular Hbond substituents is 1.